The van der Waals surface area contributed by atoms with Crippen LogP contribution in [0.5, 0.6) is 5.75 Å². The van der Waals surface area contributed by atoms with Gasteiger partial charge in [-0.25, -0.2) is 0 Å². The number of hydrogen-bond acceptors (Lipinski definition) is 5. The summed E-state index contributed by atoms with van der Waals surface area (Å²) >= 11 is 0. The molecule has 0 aliphatic rings. The zero-order valence-electron chi connectivity index (χ0n) is 15.1. The lowest BCUT2D eigenvalue weighted by molar-refractivity contribution is -0.130. The Morgan fingerprint density at radius 1 is 1.07 bits per heavy atom. The van der Waals surface area contributed by atoms with E-state index in [9.17, 15) is 19.5 Å². The van der Waals surface area contributed by atoms with Gasteiger partial charge in [0.25, 0.3) is 0 Å². The molecule has 0 saturated carbocycles. The normalized spacial score (nSPS) is 12.5. The van der Waals surface area contributed by atoms with Crippen molar-refractivity contribution in [3.05, 3.63) is 29.8 Å². The van der Waals surface area contributed by atoms with E-state index in [4.69, 9.17) is 17.2 Å². The van der Waals surface area contributed by atoms with E-state index in [0.717, 1.165) is 5.56 Å². The number of aliphatic imine (C=N–C) groups is 1. The third kappa shape index (κ3) is 8.56. The number of nitrogens with zero attached hydrogens (tertiary/aromatic N) is 1. The van der Waals surface area contributed by atoms with Crippen molar-refractivity contribution in [3.8, 4) is 5.75 Å². The molecule has 1 aromatic carbocycles. The largest absolute Gasteiger partial charge is 0.508 e. The van der Waals surface area contributed by atoms with Gasteiger partial charge in [-0.2, -0.15) is 0 Å². The summed E-state index contributed by atoms with van der Waals surface area (Å²) < 4.78 is 0. The molecule has 1 rings (SSSR count). The van der Waals surface area contributed by atoms with Crippen molar-refractivity contribution < 1.29 is 19.5 Å². The van der Waals surface area contributed by atoms with Crippen LogP contribution in [0.25, 0.3) is 0 Å². The van der Waals surface area contributed by atoms with Crippen molar-refractivity contribution in [2.24, 2.45) is 22.2 Å². The minimum Gasteiger partial charge on any atom is -0.508 e. The number of phenols is 1. The zero-order valence-corrected chi connectivity index (χ0v) is 15.1. The second-order valence-corrected chi connectivity index (χ2v) is 6.04. The number of guanidine groups is 1. The SMILES string of the molecule is CC(=O)N[C@@H](Cc1ccc(O)cc1)C(=O)N[C@@H](CCCN=C(N)N)C(N)=O. The van der Waals surface area contributed by atoms with E-state index in [1.807, 2.05) is 0 Å². The summed E-state index contributed by atoms with van der Waals surface area (Å²) in [5.74, 6) is -1.59. The Morgan fingerprint density at radius 3 is 2.22 bits per heavy atom. The summed E-state index contributed by atoms with van der Waals surface area (Å²) in [6, 6.07) is 4.42. The van der Waals surface area contributed by atoms with Gasteiger partial charge in [0.2, 0.25) is 17.7 Å². The van der Waals surface area contributed by atoms with Gasteiger partial charge in [-0.1, -0.05) is 12.1 Å². The van der Waals surface area contributed by atoms with Gasteiger partial charge in [-0.05, 0) is 30.5 Å². The predicted octanol–water partition coefficient (Wildman–Crippen LogP) is -1.54. The maximum Gasteiger partial charge on any atom is 0.243 e. The molecule has 0 unspecified atom stereocenters. The van der Waals surface area contributed by atoms with Crippen LogP contribution in [0.3, 0.4) is 0 Å². The Bertz CT molecular complexity index is 685. The van der Waals surface area contributed by atoms with Crippen LogP contribution in [0.2, 0.25) is 0 Å². The monoisotopic (exact) mass is 378 g/mol. The van der Waals surface area contributed by atoms with E-state index < -0.39 is 29.8 Å². The van der Waals surface area contributed by atoms with Gasteiger partial charge in [-0.3, -0.25) is 19.4 Å². The summed E-state index contributed by atoms with van der Waals surface area (Å²) in [7, 11) is 0. The minimum atomic E-state index is -0.914. The van der Waals surface area contributed by atoms with Crippen molar-refractivity contribution >= 4 is 23.7 Å². The summed E-state index contributed by atoms with van der Waals surface area (Å²) in [6.45, 7) is 1.59. The van der Waals surface area contributed by atoms with Crippen LogP contribution in [-0.2, 0) is 20.8 Å². The molecule has 0 aliphatic carbocycles. The Kier molecular flexibility index (Phi) is 8.57. The van der Waals surface area contributed by atoms with Crippen LogP contribution in [0.4, 0.5) is 0 Å². The number of rotatable bonds is 10. The van der Waals surface area contributed by atoms with Crippen LogP contribution in [-0.4, -0.2) is 47.4 Å². The lowest BCUT2D eigenvalue weighted by atomic mass is 10.0. The molecule has 10 heteroatoms. The maximum atomic E-state index is 12.6. The van der Waals surface area contributed by atoms with Crippen LogP contribution in [0.1, 0.15) is 25.3 Å². The van der Waals surface area contributed by atoms with E-state index in [0.29, 0.717) is 13.0 Å². The molecule has 0 heterocycles. The fraction of sp³-hybridized carbons (Fsp3) is 0.412. The molecule has 0 bridgehead atoms. The van der Waals surface area contributed by atoms with Gasteiger partial charge in [0.1, 0.15) is 17.8 Å². The molecule has 0 radical (unpaired) electrons. The molecular formula is C17H26N6O4. The molecule has 148 valence electrons. The Labute approximate surface area is 157 Å². The minimum absolute atomic E-state index is 0.0609. The van der Waals surface area contributed by atoms with Gasteiger partial charge >= 0.3 is 0 Å². The van der Waals surface area contributed by atoms with Crippen LogP contribution in [0.15, 0.2) is 29.3 Å². The fourth-order valence-electron chi connectivity index (χ4n) is 2.38. The Morgan fingerprint density at radius 2 is 1.70 bits per heavy atom. The van der Waals surface area contributed by atoms with Crippen LogP contribution >= 0.6 is 0 Å². The van der Waals surface area contributed by atoms with E-state index in [1.54, 1.807) is 12.1 Å². The van der Waals surface area contributed by atoms with Crippen molar-refractivity contribution in [1.82, 2.24) is 10.6 Å². The molecule has 9 N–H and O–H groups in total. The highest BCUT2D eigenvalue weighted by Crippen LogP contribution is 2.12. The van der Waals surface area contributed by atoms with Crippen molar-refractivity contribution in [1.29, 1.82) is 0 Å². The van der Waals surface area contributed by atoms with E-state index >= 15 is 0 Å². The van der Waals surface area contributed by atoms with Gasteiger partial charge in [0, 0.05) is 19.9 Å². The molecule has 0 spiro atoms. The zero-order chi connectivity index (χ0) is 20.4. The van der Waals surface area contributed by atoms with E-state index in [2.05, 4.69) is 15.6 Å². The first-order valence-electron chi connectivity index (χ1n) is 8.39. The molecule has 2 atom stereocenters. The molecule has 27 heavy (non-hydrogen) atoms. The molecule has 0 saturated heterocycles. The second kappa shape index (κ2) is 10.6. The van der Waals surface area contributed by atoms with Crippen molar-refractivity contribution in [2.75, 3.05) is 6.54 Å². The van der Waals surface area contributed by atoms with Gasteiger partial charge in [-0.15, -0.1) is 0 Å². The lowest BCUT2D eigenvalue weighted by Gasteiger charge is -2.21. The Hall–Kier alpha value is -3.30. The highest BCUT2D eigenvalue weighted by atomic mass is 16.3. The number of nitrogens with two attached hydrogens (primary N) is 3. The standard InChI is InChI=1S/C17H26N6O4/c1-10(24)22-14(9-11-4-6-12(25)7-5-11)16(27)23-13(15(18)26)3-2-8-21-17(19)20/h4-7,13-14,25H,2-3,8-9H2,1H3,(H2,18,26)(H,22,24)(H,23,27)(H4,19,20,21)/t13-,14-/m0/s1. The van der Waals surface area contributed by atoms with E-state index in [1.165, 1.54) is 19.1 Å². The average Bonchev–Trinajstić information content (AvgIpc) is 2.57. The summed E-state index contributed by atoms with van der Waals surface area (Å²) in [6.07, 6.45) is 0.879. The number of benzene rings is 1. The summed E-state index contributed by atoms with van der Waals surface area (Å²) in [4.78, 5) is 39.4. The summed E-state index contributed by atoms with van der Waals surface area (Å²) in [5.41, 5.74) is 16.5. The molecule has 0 aliphatic heterocycles. The first kappa shape index (κ1) is 21.7. The molecule has 10 nitrogen and oxygen atoms in total. The lowest BCUT2D eigenvalue weighted by Crippen LogP contribution is -2.53. The third-order valence-corrected chi connectivity index (χ3v) is 3.68. The molecule has 3 amide bonds. The topological polar surface area (TPSA) is 186 Å². The van der Waals surface area contributed by atoms with Gasteiger partial charge in [0.05, 0.1) is 0 Å². The number of phenolic OH excluding ortho intramolecular Hbond substituents is 1. The summed E-state index contributed by atoms with van der Waals surface area (Å²) in [5, 5.41) is 14.4. The number of carbonyl (C=O) groups is 3. The number of aromatic hydroxyl groups is 1. The number of hydrogen-bond donors (Lipinski definition) is 6. The number of amides is 3. The van der Waals surface area contributed by atoms with Crippen molar-refractivity contribution in [2.45, 2.75) is 38.3 Å². The van der Waals surface area contributed by atoms with Gasteiger partial charge < -0.3 is 32.9 Å². The molecule has 0 aromatic heterocycles. The first-order valence-corrected chi connectivity index (χ1v) is 8.39. The first-order chi connectivity index (χ1) is 12.7. The van der Waals surface area contributed by atoms with E-state index in [-0.39, 0.29) is 24.6 Å². The molecule has 1 aromatic rings. The highest BCUT2D eigenvalue weighted by Gasteiger charge is 2.25. The predicted molar refractivity (Wildman–Crippen MR) is 100 cm³/mol. The highest BCUT2D eigenvalue weighted by molar-refractivity contribution is 5.91. The number of primary amides is 1. The average molecular weight is 378 g/mol. The molecule has 0 fully saturated rings. The van der Waals surface area contributed by atoms with Crippen molar-refractivity contribution in [3.63, 3.8) is 0 Å². The fourth-order valence-corrected chi connectivity index (χ4v) is 2.38. The smallest absolute Gasteiger partial charge is 0.243 e. The third-order valence-electron chi connectivity index (χ3n) is 3.68. The van der Waals surface area contributed by atoms with Crippen LogP contribution < -0.4 is 27.8 Å². The molecular weight excluding hydrogens is 352 g/mol. The van der Waals surface area contributed by atoms with Gasteiger partial charge in [0.15, 0.2) is 5.96 Å². The second-order valence-electron chi connectivity index (χ2n) is 6.04. The number of nitrogens with one attached hydrogen (secondary N) is 2. The number of carbonyl (C=O) groups excluding carboxylic acids is 3. The quantitative estimate of drug-likeness (QED) is 0.163. The Balaban J connectivity index is 2.76. The maximum absolute atomic E-state index is 12.6. The van der Waals surface area contributed by atoms with Crippen LogP contribution in [0, 0.1) is 0 Å².